The van der Waals surface area contributed by atoms with Gasteiger partial charge >= 0.3 is 0 Å². The number of nitrogens with one attached hydrogen (secondary N) is 1. The van der Waals surface area contributed by atoms with E-state index < -0.39 is 22.0 Å². The Labute approximate surface area is 170 Å². The fraction of sp³-hybridized carbons (Fsp3) is 0.350. The second-order valence-electron chi connectivity index (χ2n) is 6.53. The molecule has 1 unspecified atom stereocenters. The number of amides is 1. The van der Waals surface area contributed by atoms with E-state index in [9.17, 15) is 13.2 Å². The summed E-state index contributed by atoms with van der Waals surface area (Å²) in [7, 11) is -2.19. The number of rotatable bonds is 7. The van der Waals surface area contributed by atoms with E-state index in [2.05, 4.69) is 5.32 Å². The summed E-state index contributed by atoms with van der Waals surface area (Å²) >= 11 is 0. The van der Waals surface area contributed by atoms with Crippen LogP contribution in [0.5, 0.6) is 17.2 Å². The Balaban J connectivity index is 1.86. The lowest BCUT2D eigenvalue weighted by Crippen LogP contribution is -2.47. The predicted octanol–water partition coefficient (Wildman–Crippen LogP) is 2.65. The number of carbonyl (C=O) groups is 1. The van der Waals surface area contributed by atoms with E-state index in [1.54, 1.807) is 49.4 Å². The highest BCUT2D eigenvalue weighted by molar-refractivity contribution is 7.92. The van der Waals surface area contributed by atoms with Crippen molar-refractivity contribution in [2.45, 2.75) is 19.4 Å². The van der Waals surface area contributed by atoms with Gasteiger partial charge in [0.25, 0.3) is 0 Å². The highest BCUT2D eigenvalue weighted by Gasteiger charge is 2.31. The SMILES string of the molecule is CCC(C(=O)Nc1ccc2c(c1)OCCO2)N(c1ccc(OC)cc1)S(C)(=O)=O. The molecule has 29 heavy (non-hydrogen) atoms. The zero-order chi connectivity index (χ0) is 21.0. The molecule has 1 heterocycles. The van der Waals surface area contributed by atoms with Crippen LogP contribution in [-0.2, 0) is 14.8 Å². The zero-order valence-corrected chi connectivity index (χ0v) is 17.4. The first-order valence-electron chi connectivity index (χ1n) is 9.17. The first kappa shape index (κ1) is 20.8. The number of methoxy groups -OCH3 is 1. The monoisotopic (exact) mass is 420 g/mol. The molecule has 0 aliphatic carbocycles. The normalized spacial score (nSPS) is 14.0. The van der Waals surface area contributed by atoms with Crippen molar-refractivity contribution in [3.05, 3.63) is 42.5 Å². The van der Waals surface area contributed by atoms with Crippen LogP contribution in [0.2, 0.25) is 0 Å². The lowest BCUT2D eigenvalue weighted by Gasteiger charge is -2.30. The van der Waals surface area contributed by atoms with Gasteiger partial charge in [-0.05, 0) is 42.8 Å². The molecule has 2 aromatic carbocycles. The molecular weight excluding hydrogens is 396 g/mol. The Morgan fingerprint density at radius 2 is 1.79 bits per heavy atom. The maximum absolute atomic E-state index is 13.0. The molecule has 156 valence electrons. The molecular formula is C20H24N2O6S. The summed E-state index contributed by atoms with van der Waals surface area (Å²) in [4.78, 5) is 13.0. The minimum absolute atomic E-state index is 0.287. The Hall–Kier alpha value is -2.94. The molecule has 0 bridgehead atoms. The lowest BCUT2D eigenvalue weighted by atomic mass is 10.1. The maximum atomic E-state index is 13.0. The maximum Gasteiger partial charge on any atom is 0.248 e. The van der Waals surface area contributed by atoms with E-state index in [4.69, 9.17) is 14.2 Å². The first-order valence-corrected chi connectivity index (χ1v) is 11.0. The second kappa shape index (κ2) is 8.60. The van der Waals surface area contributed by atoms with E-state index in [1.165, 1.54) is 7.11 Å². The van der Waals surface area contributed by atoms with Crippen molar-refractivity contribution in [2.24, 2.45) is 0 Å². The average molecular weight is 420 g/mol. The Morgan fingerprint density at radius 1 is 1.14 bits per heavy atom. The van der Waals surface area contributed by atoms with Crippen molar-refractivity contribution < 1.29 is 27.4 Å². The van der Waals surface area contributed by atoms with Gasteiger partial charge in [0.15, 0.2) is 11.5 Å². The van der Waals surface area contributed by atoms with Crippen molar-refractivity contribution in [3.63, 3.8) is 0 Å². The molecule has 0 aromatic heterocycles. The van der Waals surface area contributed by atoms with Crippen molar-refractivity contribution in [2.75, 3.05) is 36.2 Å². The quantitative estimate of drug-likeness (QED) is 0.740. The van der Waals surface area contributed by atoms with Crippen LogP contribution in [0, 0.1) is 0 Å². The molecule has 2 aromatic rings. The summed E-state index contributed by atoms with van der Waals surface area (Å²) in [5, 5.41) is 2.78. The summed E-state index contributed by atoms with van der Waals surface area (Å²) in [5.74, 6) is 1.30. The predicted molar refractivity (Wildman–Crippen MR) is 110 cm³/mol. The Kier molecular flexibility index (Phi) is 6.17. The van der Waals surface area contributed by atoms with Crippen molar-refractivity contribution in [3.8, 4) is 17.2 Å². The summed E-state index contributed by atoms with van der Waals surface area (Å²) in [6, 6.07) is 10.7. The van der Waals surface area contributed by atoms with Crippen LogP contribution in [0.1, 0.15) is 13.3 Å². The van der Waals surface area contributed by atoms with Gasteiger partial charge in [0.2, 0.25) is 15.9 Å². The van der Waals surface area contributed by atoms with Gasteiger partial charge in [0.05, 0.1) is 19.1 Å². The van der Waals surface area contributed by atoms with Gasteiger partial charge in [0, 0.05) is 11.8 Å². The van der Waals surface area contributed by atoms with Crippen molar-refractivity contribution in [1.82, 2.24) is 0 Å². The standard InChI is InChI=1S/C20H24N2O6S/c1-4-17(22(29(3,24)25)15-6-8-16(26-2)9-7-15)20(23)21-14-5-10-18-19(13-14)28-12-11-27-18/h5-10,13,17H,4,11-12H2,1-3H3,(H,21,23). The summed E-state index contributed by atoms with van der Waals surface area (Å²) in [6.45, 7) is 2.67. The Morgan fingerprint density at radius 3 is 2.38 bits per heavy atom. The van der Waals surface area contributed by atoms with E-state index in [0.29, 0.717) is 41.8 Å². The highest BCUT2D eigenvalue weighted by atomic mass is 32.2. The summed E-state index contributed by atoms with van der Waals surface area (Å²) in [6.07, 6.45) is 1.37. The molecule has 1 atom stereocenters. The third kappa shape index (κ3) is 4.73. The highest BCUT2D eigenvalue weighted by Crippen LogP contribution is 2.33. The number of anilines is 2. The fourth-order valence-electron chi connectivity index (χ4n) is 3.14. The van der Waals surface area contributed by atoms with E-state index >= 15 is 0 Å². The Bertz CT molecular complexity index is 975. The smallest absolute Gasteiger partial charge is 0.248 e. The average Bonchev–Trinajstić information content (AvgIpc) is 2.71. The molecule has 0 saturated carbocycles. The lowest BCUT2D eigenvalue weighted by molar-refractivity contribution is -0.117. The van der Waals surface area contributed by atoms with Gasteiger partial charge in [-0.1, -0.05) is 6.92 Å². The van der Waals surface area contributed by atoms with E-state index in [1.807, 2.05) is 0 Å². The van der Waals surface area contributed by atoms with Crippen LogP contribution in [0.15, 0.2) is 42.5 Å². The number of nitrogens with zero attached hydrogens (tertiary/aromatic N) is 1. The molecule has 0 spiro atoms. The molecule has 3 rings (SSSR count). The van der Waals surface area contributed by atoms with Crippen molar-refractivity contribution in [1.29, 1.82) is 0 Å². The second-order valence-corrected chi connectivity index (χ2v) is 8.39. The van der Waals surface area contributed by atoms with Crippen LogP contribution in [0.4, 0.5) is 11.4 Å². The number of carbonyl (C=O) groups excluding carboxylic acids is 1. The van der Waals surface area contributed by atoms with Gasteiger partial charge in [-0.2, -0.15) is 0 Å². The molecule has 1 aliphatic rings. The largest absolute Gasteiger partial charge is 0.497 e. The number of fused-ring (bicyclic) bond motifs is 1. The van der Waals surface area contributed by atoms with Gasteiger partial charge in [0.1, 0.15) is 25.0 Å². The van der Waals surface area contributed by atoms with Gasteiger partial charge < -0.3 is 19.5 Å². The fourth-order valence-corrected chi connectivity index (χ4v) is 4.35. The number of benzene rings is 2. The molecule has 1 amide bonds. The minimum Gasteiger partial charge on any atom is -0.497 e. The molecule has 8 nitrogen and oxygen atoms in total. The molecule has 0 saturated heterocycles. The van der Waals surface area contributed by atoms with Gasteiger partial charge in [-0.3, -0.25) is 9.10 Å². The van der Waals surface area contributed by atoms with Crippen LogP contribution in [-0.4, -0.2) is 46.9 Å². The number of sulfonamides is 1. The minimum atomic E-state index is -3.71. The number of hydrogen-bond donors (Lipinski definition) is 1. The van der Waals surface area contributed by atoms with Crippen LogP contribution in [0.3, 0.4) is 0 Å². The molecule has 9 heteroatoms. The topological polar surface area (TPSA) is 94.2 Å². The van der Waals surface area contributed by atoms with Crippen molar-refractivity contribution >= 4 is 27.3 Å². The molecule has 0 fully saturated rings. The van der Waals surface area contributed by atoms with Crippen LogP contribution in [0.25, 0.3) is 0 Å². The van der Waals surface area contributed by atoms with Gasteiger partial charge in [-0.25, -0.2) is 8.42 Å². The first-order chi connectivity index (χ1) is 13.8. The van der Waals surface area contributed by atoms with E-state index in [-0.39, 0.29) is 6.42 Å². The van der Waals surface area contributed by atoms with E-state index in [0.717, 1.165) is 10.6 Å². The molecule has 1 N–H and O–H groups in total. The zero-order valence-electron chi connectivity index (χ0n) is 16.5. The molecule has 1 aliphatic heterocycles. The molecule has 0 radical (unpaired) electrons. The summed E-state index contributed by atoms with van der Waals surface area (Å²) in [5.41, 5.74) is 0.887. The van der Waals surface area contributed by atoms with Crippen LogP contribution < -0.4 is 23.8 Å². The third-order valence-electron chi connectivity index (χ3n) is 4.47. The number of hydrogen-bond acceptors (Lipinski definition) is 6. The summed E-state index contributed by atoms with van der Waals surface area (Å²) < 4.78 is 42.3. The third-order valence-corrected chi connectivity index (χ3v) is 5.65. The van der Waals surface area contributed by atoms with Gasteiger partial charge in [-0.15, -0.1) is 0 Å². The van der Waals surface area contributed by atoms with Crippen LogP contribution >= 0.6 is 0 Å². The number of ether oxygens (including phenoxy) is 3.